The molecule has 114 valence electrons. The fraction of sp³-hybridized carbons (Fsp3) is 0.588. The summed E-state index contributed by atoms with van der Waals surface area (Å²) in [6, 6.07) is 5.32. The molecule has 0 spiro atoms. The van der Waals surface area contributed by atoms with Crippen LogP contribution < -0.4 is 5.32 Å². The van der Waals surface area contributed by atoms with Crippen molar-refractivity contribution in [1.29, 1.82) is 0 Å². The summed E-state index contributed by atoms with van der Waals surface area (Å²) < 4.78 is 4.26. The smallest absolute Gasteiger partial charge is 0.0821 e. The van der Waals surface area contributed by atoms with Gasteiger partial charge < -0.3 is 9.88 Å². The molecule has 3 rings (SSSR count). The number of hydrogen-bond acceptors (Lipinski definition) is 2. The second kappa shape index (κ2) is 6.06. The molecule has 1 atom stereocenters. The molecule has 1 aliphatic rings. The summed E-state index contributed by atoms with van der Waals surface area (Å²) in [7, 11) is 0. The standard InChI is InChI=1S/C17H26N4/c1-4-18-17(14-5-6-14)15-7-9-20(11-15)12-16-8-10-21(19-16)13(2)3/h7-11,13-14,17-18H,4-6,12H2,1-3H3. The fourth-order valence-electron chi connectivity index (χ4n) is 2.88. The lowest BCUT2D eigenvalue weighted by molar-refractivity contribution is 0.495. The van der Waals surface area contributed by atoms with E-state index in [1.165, 1.54) is 18.4 Å². The molecule has 2 aromatic heterocycles. The Kier molecular flexibility index (Phi) is 4.15. The van der Waals surface area contributed by atoms with Crippen molar-refractivity contribution < 1.29 is 0 Å². The molecule has 2 aromatic rings. The molecule has 0 bridgehead atoms. The van der Waals surface area contributed by atoms with E-state index in [-0.39, 0.29) is 0 Å². The molecule has 0 amide bonds. The molecule has 21 heavy (non-hydrogen) atoms. The fourth-order valence-corrected chi connectivity index (χ4v) is 2.88. The van der Waals surface area contributed by atoms with Crippen LogP contribution in [-0.4, -0.2) is 20.9 Å². The molecule has 2 heterocycles. The molecule has 4 nitrogen and oxygen atoms in total. The zero-order valence-electron chi connectivity index (χ0n) is 13.3. The first-order valence-electron chi connectivity index (χ1n) is 8.10. The van der Waals surface area contributed by atoms with Crippen molar-refractivity contribution in [3.05, 3.63) is 42.0 Å². The molecule has 1 N–H and O–H groups in total. The van der Waals surface area contributed by atoms with Crippen LogP contribution in [0.15, 0.2) is 30.7 Å². The lowest BCUT2D eigenvalue weighted by atomic mass is 10.1. The van der Waals surface area contributed by atoms with Crippen molar-refractivity contribution in [2.45, 2.75) is 52.2 Å². The Morgan fingerprint density at radius 2 is 2.10 bits per heavy atom. The molecule has 4 heteroatoms. The maximum atomic E-state index is 4.62. The number of aromatic nitrogens is 3. The van der Waals surface area contributed by atoms with Crippen LogP contribution in [0.1, 0.15) is 57.0 Å². The second-order valence-electron chi connectivity index (χ2n) is 6.37. The van der Waals surface area contributed by atoms with Gasteiger partial charge in [0.15, 0.2) is 0 Å². The SMILES string of the molecule is CCNC(c1ccn(Cc2ccn(C(C)C)n2)c1)C1CC1. The summed E-state index contributed by atoms with van der Waals surface area (Å²) in [6.07, 6.45) is 9.25. The van der Waals surface area contributed by atoms with Crippen molar-refractivity contribution in [2.75, 3.05) is 6.54 Å². The average Bonchev–Trinajstić information content (AvgIpc) is 3.00. The Hall–Kier alpha value is -1.55. The van der Waals surface area contributed by atoms with Gasteiger partial charge in [0.25, 0.3) is 0 Å². The van der Waals surface area contributed by atoms with Gasteiger partial charge in [0.2, 0.25) is 0 Å². The summed E-state index contributed by atoms with van der Waals surface area (Å²) in [5, 5.41) is 8.25. The second-order valence-corrected chi connectivity index (χ2v) is 6.37. The quantitative estimate of drug-likeness (QED) is 0.847. The minimum atomic E-state index is 0.423. The highest BCUT2D eigenvalue weighted by atomic mass is 15.3. The first-order chi connectivity index (χ1) is 10.2. The van der Waals surface area contributed by atoms with E-state index < -0.39 is 0 Å². The van der Waals surface area contributed by atoms with Crippen LogP contribution in [0.2, 0.25) is 0 Å². The zero-order valence-corrected chi connectivity index (χ0v) is 13.3. The number of nitrogens with one attached hydrogen (secondary N) is 1. The topological polar surface area (TPSA) is 34.8 Å². The van der Waals surface area contributed by atoms with Gasteiger partial charge in [-0.05, 0) is 56.8 Å². The highest BCUT2D eigenvalue weighted by molar-refractivity contribution is 5.19. The molecule has 1 aliphatic carbocycles. The Labute approximate surface area is 127 Å². The lowest BCUT2D eigenvalue weighted by Gasteiger charge is -2.15. The van der Waals surface area contributed by atoms with E-state index in [0.717, 1.165) is 24.7 Å². The third-order valence-corrected chi connectivity index (χ3v) is 4.19. The van der Waals surface area contributed by atoms with Crippen molar-refractivity contribution in [3.63, 3.8) is 0 Å². The largest absolute Gasteiger partial charge is 0.348 e. The molecular weight excluding hydrogens is 260 g/mol. The van der Waals surface area contributed by atoms with Gasteiger partial charge in [0, 0.05) is 30.7 Å². The molecule has 0 aliphatic heterocycles. The lowest BCUT2D eigenvalue weighted by Crippen LogP contribution is -2.22. The van der Waals surface area contributed by atoms with E-state index in [9.17, 15) is 0 Å². The van der Waals surface area contributed by atoms with Crippen LogP contribution in [0.4, 0.5) is 0 Å². The van der Waals surface area contributed by atoms with Crippen LogP contribution in [0, 0.1) is 5.92 Å². The summed E-state index contributed by atoms with van der Waals surface area (Å²) in [5.74, 6) is 0.834. The predicted molar refractivity (Wildman–Crippen MR) is 85.3 cm³/mol. The van der Waals surface area contributed by atoms with Gasteiger partial charge in [0.1, 0.15) is 0 Å². The monoisotopic (exact) mass is 286 g/mol. The summed E-state index contributed by atoms with van der Waals surface area (Å²) in [6.45, 7) is 8.38. The third kappa shape index (κ3) is 3.38. The maximum absolute atomic E-state index is 4.62. The molecule has 0 radical (unpaired) electrons. The van der Waals surface area contributed by atoms with Crippen molar-refractivity contribution in [2.24, 2.45) is 5.92 Å². The van der Waals surface area contributed by atoms with Gasteiger partial charge in [-0.3, -0.25) is 4.68 Å². The van der Waals surface area contributed by atoms with Crippen molar-refractivity contribution in [1.82, 2.24) is 19.7 Å². The molecule has 0 saturated heterocycles. The van der Waals surface area contributed by atoms with Crippen molar-refractivity contribution in [3.8, 4) is 0 Å². The molecule has 1 saturated carbocycles. The Morgan fingerprint density at radius 1 is 1.29 bits per heavy atom. The highest BCUT2D eigenvalue weighted by Gasteiger charge is 2.32. The van der Waals surface area contributed by atoms with E-state index in [4.69, 9.17) is 0 Å². The first-order valence-corrected chi connectivity index (χ1v) is 8.10. The first kappa shape index (κ1) is 14.4. The average molecular weight is 286 g/mol. The number of hydrogen-bond donors (Lipinski definition) is 1. The number of rotatable bonds is 7. The summed E-state index contributed by atoms with van der Waals surface area (Å²) in [4.78, 5) is 0. The summed E-state index contributed by atoms with van der Waals surface area (Å²) >= 11 is 0. The van der Waals surface area contributed by atoms with Crippen molar-refractivity contribution >= 4 is 0 Å². The van der Waals surface area contributed by atoms with E-state index in [0.29, 0.717) is 12.1 Å². The Bertz CT molecular complexity index is 577. The predicted octanol–water partition coefficient (Wildman–Crippen LogP) is 3.37. The van der Waals surface area contributed by atoms with Crippen LogP contribution in [0.5, 0.6) is 0 Å². The van der Waals surface area contributed by atoms with Gasteiger partial charge in [0.05, 0.1) is 12.2 Å². The van der Waals surface area contributed by atoms with E-state index in [1.807, 2.05) is 4.68 Å². The minimum Gasteiger partial charge on any atom is -0.348 e. The van der Waals surface area contributed by atoms with E-state index in [1.54, 1.807) is 0 Å². The van der Waals surface area contributed by atoms with Crippen LogP contribution in [0.25, 0.3) is 0 Å². The van der Waals surface area contributed by atoms with Crippen LogP contribution in [-0.2, 0) is 6.54 Å². The van der Waals surface area contributed by atoms with Gasteiger partial charge >= 0.3 is 0 Å². The highest BCUT2D eigenvalue weighted by Crippen LogP contribution is 2.41. The molecular formula is C17H26N4. The van der Waals surface area contributed by atoms with E-state index in [2.05, 4.69) is 66.5 Å². The zero-order chi connectivity index (χ0) is 14.8. The number of nitrogens with zero attached hydrogens (tertiary/aromatic N) is 3. The van der Waals surface area contributed by atoms with Gasteiger partial charge in [-0.2, -0.15) is 5.10 Å². The molecule has 1 unspecified atom stereocenters. The molecule has 0 aromatic carbocycles. The van der Waals surface area contributed by atoms with Gasteiger partial charge in [-0.25, -0.2) is 0 Å². The van der Waals surface area contributed by atoms with Gasteiger partial charge in [-0.1, -0.05) is 6.92 Å². The third-order valence-electron chi connectivity index (χ3n) is 4.19. The normalized spacial score (nSPS) is 16.6. The van der Waals surface area contributed by atoms with Crippen LogP contribution in [0.3, 0.4) is 0 Å². The Morgan fingerprint density at radius 3 is 2.71 bits per heavy atom. The van der Waals surface area contributed by atoms with Gasteiger partial charge in [-0.15, -0.1) is 0 Å². The molecule has 1 fully saturated rings. The van der Waals surface area contributed by atoms with Crippen LogP contribution >= 0.6 is 0 Å². The maximum Gasteiger partial charge on any atom is 0.0821 e. The van der Waals surface area contributed by atoms with E-state index >= 15 is 0 Å². The summed E-state index contributed by atoms with van der Waals surface area (Å²) in [5.41, 5.74) is 2.54. The minimum absolute atomic E-state index is 0.423. The Balaban J connectivity index is 1.68.